The van der Waals surface area contributed by atoms with E-state index in [0.29, 0.717) is 18.8 Å². The lowest BCUT2D eigenvalue weighted by molar-refractivity contribution is 0.0410. The fourth-order valence-corrected chi connectivity index (χ4v) is 3.00. The van der Waals surface area contributed by atoms with E-state index in [9.17, 15) is 4.79 Å². The molecule has 1 aromatic carbocycles. The van der Waals surface area contributed by atoms with Gasteiger partial charge in [-0.3, -0.25) is 0 Å². The minimum atomic E-state index is -0.246. The van der Waals surface area contributed by atoms with Crippen LogP contribution in [0.15, 0.2) is 24.3 Å². The minimum Gasteiger partial charge on any atom is -0.459 e. The monoisotopic (exact) mass is 346 g/mol. The van der Waals surface area contributed by atoms with Crippen molar-refractivity contribution in [1.82, 2.24) is 0 Å². The van der Waals surface area contributed by atoms with Crippen molar-refractivity contribution in [3.8, 4) is 0 Å². The summed E-state index contributed by atoms with van der Waals surface area (Å²) in [6, 6.07) is 7.86. The Morgan fingerprint density at radius 3 is 2.36 bits per heavy atom. The van der Waals surface area contributed by atoms with E-state index < -0.39 is 0 Å². The summed E-state index contributed by atoms with van der Waals surface area (Å²) in [7, 11) is 0. The zero-order valence-electron chi connectivity index (χ0n) is 16.0. The molecule has 3 nitrogen and oxygen atoms in total. The summed E-state index contributed by atoms with van der Waals surface area (Å²) in [6.07, 6.45) is 13.1. The molecule has 3 heteroatoms. The van der Waals surface area contributed by atoms with E-state index in [1.807, 2.05) is 25.1 Å². The molecule has 140 valence electrons. The molecule has 0 radical (unpaired) electrons. The molecule has 0 saturated carbocycles. The molecule has 1 fully saturated rings. The van der Waals surface area contributed by atoms with Gasteiger partial charge in [0.2, 0.25) is 0 Å². The average molecular weight is 347 g/mol. The van der Waals surface area contributed by atoms with Gasteiger partial charge in [0, 0.05) is 0 Å². The third kappa shape index (κ3) is 8.04. The second-order valence-corrected chi connectivity index (χ2v) is 7.59. The minimum absolute atomic E-state index is 0.245. The molecule has 1 atom stereocenters. The standard InChI is InChI=1S/C22H34O3/c1-3-4-5-6-7-8-9-10-11-13-19-14-12-15-20(16-19)21(23)24-17-22(2)18-25-22/h12,14-16H,3-11,13,17-18H2,1-2H3. The largest absolute Gasteiger partial charge is 0.459 e. The van der Waals surface area contributed by atoms with Gasteiger partial charge in [-0.05, 0) is 37.5 Å². The van der Waals surface area contributed by atoms with Gasteiger partial charge in [0.05, 0.1) is 12.2 Å². The summed E-state index contributed by atoms with van der Waals surface area (Å²) in [5.41, 5.74) is 1.63. The maximum atomic E-state index is 12.1. The highest BCUT2D eigenvalue weighted by Gasteiger charge is 2.40. The van der Waals surface area contributed by atoms with E-state index in [-0.39, 0.29) is 11.6 Å². The van der Waals surface area contributed by atoms with Gasteiger partial charge in [-0.1, -0.05) is 70.4 Å². The van der Waals surface area contributed by atoms with Crippen LogP contribution in [-0.2, 0) is 15.9 Å². The maximum absolute atomic E-state index is 12.1. The first-order valence-electron chi connectivity index (χ1n) is 10.0. The van der Waals surface area contributed by atoms with Crippen LogP contribution < -0.4 is 0 Å². The molecule has 2 rings (SSSR count). The number of rotatable bonds is 13. The molecule has 1 unspecified atom stereocenters. The molecule has 0 bridgehead atoms. The smallest absolute Gasteiger partial charge is 0.338 e. The van der Waals surface area contributed by atoms with Crippen LogP contribution in [-0.4, -0.2) is 24.8 Å². The molecule has 0 N–H and O–H groups in total. The Balaban J connectivity index is 1.59. The normalized spacial score (nSPS) is 19.0. The van der Waals surface area contributed by atoms with Gasteiger partial charge in [-0.15, -0.1) is 0 Å². The predicted octanol–water partition coefficient (Wildman–Crippen LogP) is 5.71. The Labute approximate surface area is 153 Å². The maximum Gasteiger partial charge on any atom is 0.338 e. The number of hydrogen-bond donors (Lipinski definition) is 0. The van der Waals surface area contributed by atoms with Gasteiger partial charge >= 0.3 is 5.97 Å². The van der Waals surface area contributed by atoms with E-state index >= 15 is 0 Å². The summed E-state index contributed by atoms with van der Waals surface area (Å²) in [6.45, 7) is 5.24. The summed E-state index contributed by atoms with van der Waals surface area (Å²) < 4.78 is 10.6. The van der Waals surface area contributed by atoms with Crippen LogP contribution in [0.3, 0.4) is 0 Å². The van der Waals surface area contributed by atoms with Crippen LogP contribution in [0, 0.1) is 0 Å². The summed E-state index contributed by atoms with van der Waals surface area (Å²) >= 11 is 0. The zero-order chi connectivity index (χ0) is 18.0. The highest BCUT2D eigenvalue weighted by Crippen LogP contribution is 2.26. The zero-order valence-corrected chi connectivity index (χ0v) is 16.0. The van der Waals surface area contributed by atoms with Crippen molar-refractivity contribution >= 4 is 5.97 Å². The molecular weight excluding hydrogens is 312 g/mol. The fourth-order valence-electron chi connectivity index (χ4n) is 3.00. The highest BCUT2D eigenvalue weighted by molar-refractivity contribution is 5.89. The predicted molar refractivity (Wildman–Crippen MR) is 102 cm³/mol. The summed E-state index contributed by atoms with van der Waals surface area (Å²) in [5.74, 6) is -0.245. The van der Waals surface area contributed by atoms with Gasteiger partial charge in [0.15, 0.2) is 0 Å². The van der Waals surface area contributed by atoms with E-state index in [0.717, 1.165) is 6.42 Å². The van der Waals surface area contributed by atoms with Crippen molar-refractivity contribution in [2.75, 3.05) is 13.2 Å². The number of benzene rings is 1. The van der Waals surface area contributed by atoms with E-state index in [1.54, 1.807) is 0 Å². The van der Waals surface area contributed by atoms with Crippen LogP contribution in [0.25, 0.3) is 0 Å². The molecule has 1 heterocycles. The van der Waals surface area contributed by atoms with E-state index in [2.05, 4.69) is 13.0 Å². The SMILES string of the molecule is CCCCCCCCCCCc1cccc(C(=O)OCC2(C)CO2)c1. The van der Waals surface area contributed by atoms with Gasteiger partial charge in [-0.2, -0.15) is 0 Å². The van der Waals surface area contributed by atoms with Crippen LogP contribution in [0.2, 0.25) is 0 Å². The van der Waals surface area contributed by atoms with Crippen molar-refractivity contribution in [2.45, 2.75) is 83.7 Å². The second kappa shape index (κ2) is 10.6. The van der Waals surface area contributed by atoms with Crippen molar-refractivity contribution in [3.63, 3.8) is 0 Å². The molecular formula is C22H34O3. The Hall–Kier alpha value is -1.35. The Kier molecular flexibility index (Phi) is 8.47. The summed E-state index contributed by atoms with van der Waals surface area (Å²) in [4.78, 5) is 12.1. The number of carbonyl (C=O) groups excluding carboxylic acids is 1. The van der Waals surface area contributed by atoms with Crippen LogP contribution in [0.5, 0.6) is 0 Å². The first kappa shape index (κ1) is 20.0. The first-order valence-corrected chi connectivity index (χ1v) is 10.0. The van der Waals surface area contributed by atoms with E-state index in [4.69, 9.17) is 9.47 Å². The number of ether oxygens (including phenoxy) is 2. The average Bonchev–Trinajstić information content (AvgIpc) is 3.36. The Bertz CT molecular complexity index is 520. The van der Waals surface area contributed by atoms with Crippen LogP contribution in [0.1, 0.15) is 87.6 Å². The van der Waals surface area contributed by atoms with Gasteiger partial charge in [0.1, 0.15) is 12.2 Å². The molecule has 1 aliphatic rings. The van der Waals surface area contributed by atoms with Gasteiger partial charge in [-0.25, -0.2) is 4.79 Å². The lowest BCUT2D eigenvalue weighted by Gasteiger charge is -2.08. The Morgan fingerprint density at radius 1 is 1.08 bits per heavy atom. The molecule has 0 spiro atoms. The van der Waals surface area contributed by atoms with Crippen molar-refractivity contribution in [1.29, 1.82) is 0 Å². The van der Waals surface area contributed by atoms with Crippen molar-refractivity contribution in [3.05, 3.63) is 35.4 Å². The first-order chi connectivity index (χ1) is 12.1. The lowest BCUT2D eigenvalue weighted by Crippen LogP contribution is -2.18. The highest BCUT2D eigenvalue weighted by atomic mass is 16.6. The van der Waals surface area contributed by atoms with Gasteiger partial charge in [0.25, 0.3) is 0 Å². The Morgan fingerprint density at radius 2 is 1.72 bits per heavy atom. The number of hydrogen-bond acceptors (Lipinski definition) is 3. The summed E-state index contributed by atoms with van der Waals surface area (Å²) in [5, 5.41) is 0. The fraction of sp³-hybridized carbons (Fsp3) is 0.682. The topological polar surface area (TPSA) is 38.8 Å². The number of esters is 1. The molecule has 25 heavy (non-hydrogen) atoms. The third-order valence-electron chi connectivity index (χ3n) is 4.88. The molecule has 0 aliphatic carbocycles. The van der Waals surface area contributed by atoms with Crippen molar-refractivity contribution < 1.29 is 14.3 Å². The second-order valence-electron chi connectivity index (χ2n) is 7.59. The van der Waals surface area contributed by atoms with Gasteiger partial charge < -0.3 is 9.47 Å². The molecule has 1 saturated heterocycles. The quantitative estimate of drug-likeness (QED) is 0.261. The van der Waals surface area contributed by atoms with Crippen LogP contribution in [0.4, 0.5) is 0 Å². The lowest BCUT2D eigenvalue weighted by atomic mass is 10.0. The number of aryl methyl sites for hydroxylation is 1. The molecule has 1 aliphatic heterocycles. The third-order valence-corrected chi connectivity index (χ3v) is 4.88. The molecule has 1 aromatic rings. The number of carbonyl (C=O) groups is 1. The number of unbranched alkanes of at least 4 members (excludes halogenated alkanes) is 8. The molecule has 0 aromatic heterocycles. The van der Waals surface area contributed by atoms with Crippen LogP contribution >= 0.6 is 0 Å². The van der Waals surface area contributed by atoms with E-state index in [1.165, 1.54) is 63.4 Å². The molecule has 0 amide bonds. The van der Waals surface area contributed by atoms with Crippen molar-refractivity contribution in [2.24, 2.45) is 0 Å². The number of epoxide rings is 1.